The Labute approximate surface area is 101 Å². The van der Waals surface area contributed by atoms with Gasteiger partial charge in [0, 0.05) is 24.2 Å². The van der Waals surface area contributed by atoms with Crippen LogP contribution in [-0.4, -0.2) is 33.0 Å². The lowest BCUT2D eigenvalue weighted by Crippen LogP contribution is -2.17. The van der Waals surface area contributed by atoms with Crippen LogP contribution in [0.25, 0.3) is 0 Å². The Morgan fingerprint density at radius 3 is 2.59 bits per heavy atom. The van der Waals surface area contributed by atoms with Gasteiger partial charge >= 0.3 is 0 Å². The van der Waals surface area contributed by atoms with Crippen LogP contribution in [0.15, 0.2) is 17.1 Å². The molecule has 2 N–H and O–H groups in total. The molecule has 0 saturated carbocycles. The van der Waals surface area contributed by atoms with E-state index in [0.717, 1.165) is 42.2 Å². The van der Waals surface area contributed by atoms with Crippen molar-refractivity contribution in [2.75, 3.05) is 27.3 Å². The lowest BCUT2D eigenvalue weighted by atomic mass is 9.95. The van der Waals surface area contributed by atoms with Gasteiger partial charge in [-0.15, -0.1) is 0 Å². The molecular weight excluding hydrogens is 216 g/mol. The molecule has 4 heteroatoms. The molecule has 0 radical (unpaired) electrons. The first-order valence-electron chi connectivity index (χ1n) is 5.78. The molecule has 92 valence electrons. The molecule has 1 aliphatic heterocycles. The second-order valence-corrected chi connectivity index (χ2v) is 3.98. The zero-order valence-corrected chi connectivity index (χ0v) is 10.3. The topological polar surface area (TPSA) is 56.8 Å². The average Bonchev–Trinajstić information content (AvgIpc) is 2.38. The molecule has 0 unspecified atom stereocenters. The van der Waals surface area contributed by atoms with Crippen LogP contribution < -0.4 is 15.2 Å². The zero-order chi connectivity index (χ0) is 12.3. The van der Waals surface area contributed by atoms with E-state index in [1.54, 1.807) is 14.2 Å². The summed E-state index contributed by atoms with van der Waals surface area (Å²) in [5.41, 5.74) is 9.10. The van der Waals surface area contributed by atoms with Crippen molar-refractivity contribution in [3.8, 4) is 11.5 Å². The first kappa shape index (κ1) is 11.9. The van der Waals surface area contributed by atoms with Gasteiger partial charge in [0.15, 0.2) is 11.5 Å². The fourth-order valence-corrected chi connectivity index (χ4v) is 2.14. The van der Waals surface area contributed by atoms with Gasteiger partial charge in [-0.1, -0.05) is 0 Å². The smallest absolute Gasteiger partial charge is 0.161 e. The highest BCUT2D eigenvalue weighted by atomic mass is 16.5. The fourth-order valence-electron chi connectivity index (χ4n) is 2.14. The number of methoxy groups -OCH3 is 2. The van der Waals surface area contributed by atoms with Gasteiger partial charge in [0.25, 0.3) is 0 Å². The quantitative estimate of drug-likeness (QED) is 0.856. The first-order valence-corrected chi connectivity index (χ1v) is 5.78. The van der Waals surface area contributed by atoms with Crippen LogP contribution in [0.3, 0.4) is 0 Å². The molecule has 4 nitrogen and oxygen atoms in total. The van der Waals surface area contributed by atoms with Crippen molar-refractivity contribution < 1.29 is 9.47 Å². The number of aliphatic imine (C=N–C) groups is 1. The van der Waals surface area contributed by atoms with Gasteiger partial charge in [0.1, 0.15) is 0 Å². The van der Waals surface area contributed by atoms with Crippen molar-refractivity contribution in [3.63, 3.8) is 0 Å². The van der Waals surface area contributed by atoms with Crippen LogP contribution in [0.2, 0.25) is 0 Å². The Hall–Kier alpha value is -1.55. The van der Waals surface area contributed by atoms with Gasteiger partial charge in [0.2, 0.25) is 0 Å². The van der Waals surface area contributed by atoms with E-state index in [2.05, 4.69) is 4.99 Å². The summed E-state index contributed by atoms with van der Waals surface area (Å²) < 4.78 is 10.6. The van der Waals surface area contributed by atoms with Gasteiger partial charge in [-0.05, 0) is 30.7 Å². The third-order valence-electron chi connectivity index (χ3n) is 2.99. The van der Waals surface area contributed by atoms with E-state index in [1.165, 1.54) is 5.56 Å². The zero-order valence-electron chi connectivity index (χ0n) is 10.3. The molecule has 0 aromatic heterocycles. The van der Waals surface area contributed by atoms with Crippen molar-refractivity contribution in [2.24, 2.45) is 10.7 Å². The molecule has 1 aromatic rings. The summed E-state index contributed by atoms with van der Waals surface area (Å²) in [6.45, 7) is 1.45. The Balaban J connectivity index is 2.45. The molecule has 1 aliphatic rings. The number of hydrogen-bond acceptors (Lipinski definition) is 4. The molecule has 0 saturated heterocycles. The molecule has 0 atom stereocenters. The maximum atomic E-state index is 5.61. The van der Waals surface area contributed by atoms with Gasteiger partial charge in [-0.2, -0.15) is 0 Å². The fraction of sp³-hybridized carbons (Fsp3) is 0.462. The van der Waals surface area contributed by atoms with Crippen LogP contribution in [-0.2, 0) is 6.42 Å². The molecule has 2 rings (SSSR count). The highest BCUT2D eigenvalue weighted by Crippen LogP contribution is 2.32. The summed E-state index contributed by atoms with van der Waals surface area (Å²) in [6, 6.07) is 4.04. The number of nitrogens with two attached hydrogens (primary N) is 1. The molecule has 0 bridgehead atoms. The predicted molar refractivity (Wildman–Crippen MR) is 68.3 cm³/mol. The highest BCUT2D eigenvalue weighted by Gasteiger charge is 2.17. The monoisotopic (exact) mass is 234 g/mol. The summed E-state index contributed by atoms with van der Waals surface area (Å²) in [5, 5.41) is 0. The number of fused-ring (bicyclic) bond motifs is 1. The molecule has 0 spiro atoms. The minimum atomic E-state index is 0.618. The number of benzene rings is 1. The number of ether oxygens (including phenoxy) is 2. The van der Waals surface area contributed by atoms with Gasteiger partial charge < -0.3 is 15.2 Å². The van der Waals surface area contributed by atoms with E-state index >= 15 is 0 Å². The van der Waals surface area contributed by atoms with Crippen molar-refractivity contribution in [1.29, 1.82) is 0 Å². The van der Waals surface area contributed by atoms with E-state index < -0.39 is 0 Å². The molecule has 0 amide bonds. The normalized spacial score (nSPS) is 13.9. The van der Waals surface area contributed by atoms with E-state index in [1.807, 2.05) is 12.1 Å². The van der Waals surface area contributed by atoms with Crippen molar-refractivity contribution >= 4 is 5.71 Å². The van der Waals surface area contributed by atoms with Crippen LogP contribution in [0.1, 0.15) is 17.5 Å². The maximum Gasteiger partial charge on any atom is 0.161 e. The summed E-state index contributed by atoms with van der Waals surface area (Å²) >= 11 is 0. The third-order valence-corrected chi connectivity index (χ3v) is 2.99. The SMILES string of the molecule is COc1cc2c(cc1OC)C(CCN)=NCC2. The summed E-state index contributed by atoms with van der Waals surface area (Å²) in [5.74, 6) is 1.53. The Morgan fingerprint density at radius 2 is 1.94 bits per heavy atom. The van der Waals surface area contributed by atoms with Crippen LogP contribution in [0.4, 0.5) is 0 Å². The van der Waals surface area contributed by atoms with Crippen molar-refractivity contribution in [1.82, 2.24) is 0 Å². The van der Waals surface area contributed by atoms with Crippen LogP contribution in [0.5, 0.6) is 11.5 Å². The third kappa shape index (κ3) is 2.26. The summed E-state index contributed by atoms with van der Waals surface area (Å²) in [7, 11) is 3.30. The standard InChI is InChI=1S/C13H18N2O2/c1-16-12-7-9-4-6-15-11(3-5-14)10(9)8-13(12)17-2/h7-8H,3-6,14H2,1-2H3. The number of nitrogens with zero attached hydrogens (tertiary/aromatic N) is 1. The van der Waals surface area contributed by atoms with E-state index in [-0.39, 0.29) is 0 Å². The molecule has 1 heterocycles. The lowest BCUT2D eigenvalue weighted by Gasteiger charge is -2.19. The molecule has 0 aliphatic carbocycles. The van der Waals surface area contributed by atoms with E-state index in [0.29, 0.717) is 6.54 Å². The Bertz CT molecular complexity index is 441. The Morgan fingerprint density at radius 1 is 1.24 bits per heavy atom. The van der Waals surface area contributed by atoms with E-state index in [9.17, 15) is 0 Å². The number of hydrogen-bond donors (Lipinski definition) is 1. The average molecular weight is 234 g/mol. The van der Waals surface area contributed by atoms with Crippen LogP contribution >= 0.6 is 0 Å². The second-order valence-electron chi connectivity index (χ2n) is 3.98. The lowest BCUT2D eigenvalue weighted by molar-refractivity contribution is 0.354. The summed E-state index contributed by atoms with van der Waals surface area (Å²) in [6.07, 6.45) is 1.76. The van der Waals surface area contributed by atoms with Gasteiger partial charge in [-0.25, -0.2) is 0 Å². The van der Waals surface area contributed by atoms with Crippen LogP contribution in [0, 0.1) is 0 Å². The molecular formula is C13H18N2O2. The molecule has 17 heavy (non-hydrogen) atoms. The highest BCUT2D eigenvalue weighted by molar-refractivity contribution is 6.03. The van der Waals surface area contributed by atoms with Crippen molar-refractivity contribution in [3.05, 3.63) is 23.3 Å². The van der Waals surface area contributed by atoms with Gasteiger partial charge in [-0.3, -0.25) is 4.99 Å². The maximum absolute atomic E-state index is 5.61. The van der Waals surface area contributed by atoms with Crippen molar-refractivity contribution in [2.45, 2.75) is 12.8 Å². The molecule has 1 aromatic carbocycles. The summed E-state index contributed by atoms with van der Waals surface area (Å²) in [4.78, 5) is 4.53. The predicted octanol–water partition coefficient (Wildman–Crippen LogP) is 1.40. The van der Waals surface area contributed by atoms with E-state index in [4.69, 9.17) is 15.2 Å². The minimum absolute atomic E-state index is 0.618. The number of rotatable bonds is 4. The largest absolute Gasteiger partial charge is 0.493 e. The molecule has 0 fully saturated rings. The van der Waals surface area contributed by atoms with Gasteiger partial charge in [0.05, 0.1) is 14.2 Å². The first-order chi connectivity index (χ1) is 8.30. The Kier molecular flexibility index (Phi) is 3.64. The minimum Gasteiger partial charge on any atom is -0.493 e. The second kappa shape index (κ2) is 5.19.